The molecule has 0 aromatic heterocycles. The Morgan fingerprint density at radius 2 is 1.90 bits per heavy atom. The molecule has 1 aromatic rings. The average molecular weight is 315 g/mol. The van der Waals surface area contributed by atoms with Crippen LogP contribution in [0.2, 0.25) is 0 Å². The molecule has 0 bridgehead atoms. The van der Waals surface area contributed by atoms with E-state index in [0.29, 0.717) is 5.56 Å². The van der Waals surface area contributed by atoms with Gasteiger partial charge in [-0.15, -0.1) is 0 Å². The Bertz CT molecular complexity index is 515. The number of hydrogen-bond donors (Lipinski definition) is 0. The summed E-state index contributed by atoms with van der Waals surface area (Å²) in [7, 11) is 0. The Morgan fingerprint density at radius 1 is 1.24 bits per heavy atom. The quantitative estimate of drug-likeness (QED) is 0.614. The summed E-state index contributed by atoms with van der Waals surface area (Å²) < 4.78 is 14.6. The molecule has 0 saturated heterocycles. The van der Waals surface area contributed by atoms with Crippen LogP contribution in [0.5, 0.6) is 0 Å². The van der Waals surface area contributed by atoms with Gasteiger partial charge in [0, 0.05) is 0 Å². The number of hydrogen-bond acceptors (Lipinski definition) is 5. The van der Waals surface area contributed by atoms with E-state index < -0.39 is 23.8 Å². The summed E-state index contributed by atoms with van der Waals surface area (Å²) in [5.74, 6) is -0.563. The number of benzene rings is 1. The highest BCUT2D eigenvalue weighted by atomic mass is 35.5. The molecule has 0 amide bonds. The first-order valence-corrected chi connectivity index (χ1v) is 7.04. The van der Waals surface area contributed by atoms with Crippen molar-refractivity contribution < 1.29 is 23.8 Å². The standard InChI is InChI=1S/C15H19ClO5/c1-5-19-15(18)20-11(4)13(16)21-14(17)12-7-6-9(2)8-10(12)3/h6-8,11,13H,5H2,1-4H3. The largest absolute Gasteiger partial charge is 0.508 e. The fraction of sp³-hybridized carbons (Fsp3) is 0.467. The molecule has 1 aromatic carbocycles. The lowest BCUT2D eigenvalue weighted by Gasteiger charge is -2.19. The molecule has 5 nitrogen and oxygen atoms in total. The summed E-state index contributed by atoms with van der Waals surface area (Å²) in [6.07, 6.45) is -1.67. The summed E-state index contributed by atoms with van der Waals surface area (Å²) in [6, 6.07) is 5.36. The fourth-order valence-corrected chi connectivity index (χ4v) is 1.79. The van der Waals surface area contributed by atoms with Crippen LogP contribution in [0.4, 0.5) is 4.79 Å². The first kappa shape index (κ1) is 17.3. The van der Waals surface area contributed by atoms with Gasteiger partial charge in [0.25, 0.3) is 0 Å². The van der Waals surface area contributed by atoms with E-state index in [1.54, 1.807) is 13.0 Å². The van der Waals surface area contributed by atoms with Gasteiger partial charge in [-0.3, -0.25) is 0 Å². The maximum absolute atomic E-state index is 12.0. The number of carbonyl (C=O) groups excluding carboxylic acids is 2. The minimum atomic E-state index is -1.09. The van der Waals surface area contributed by atoms with E-state index in [4.69, 9.17) is 21.1 Å². The van der Waals surface area contributed by atoms with Crippen LogP contribution in [0, 0.1) is 13.8 Å². The normalized spacial score (nSPS) is 13.2. The van der Waals surface area contributed by atoms with Crippen molar-refractivity contribution in [1.82, 2.24) is 0 Å². The Hall–Kier alpha value is -1.75. The van der Waals surface area contributed by atoms with Gasteiger partial charge in [0.15, 0.2) is 6.10 Å². The Balaban J connectivity index is 2.63. The minimum absolute atomic E-state index is 0.195. The Kier molecular flexibility index (Phi) is 6.49. The lowest BCUT2D eigenvalue weighted by Crippen LogP contribution is -2.29. The van der Waals surface area contributed by atoms with E-state index in [9.17, 15) is 9.59 Å². The zero-order chi connectivity index (χ0) is 16.0. The van der Waals surface area contributed by atoms with Crippen molar-refractivity contribution in [3.8, 4) is 0 Å². The number of aryl methyl sites for hydroxylation is 2. The van der Waals surface area contributed by atoms with Crippen LogP contribution in [0.15, 0.2) is 18.2 Å². The lowest BCUT2D eigenvalue weighted by molar-refractivity contribution is -0.0147. The molecular formula is C15H19ClO5. The van der Waals surface area contributed by atoms with Crippen molar-refractivity contribution in [1.29, 1.82) is 0 Å². The van der Waals surface area contributed by atoms with Crippen molar-refractivity contribution in [2.75, 3.05) is 6.61 Å². The van der Waals surface area contributed by atoms with Crippen molar-refractivity contribution in [2.24, 2.45) is 0 Å². The lowest BCUT2D eigenvalue weighted by atomic mass is 10.1. The molecule has 2 atom stereocenters. The molecule has 21 heavy (non-hydrogen) atoms. The van der Waals surface area contributed by atoms with Gasteiger partial charge in [0.05, 0.1) is 12.2 Å². The predicted octanol–water partition coefficient (Wildman–Crippen LogP) is 3.59. The molecule has 0 aliphatic heterocycles. The Morgan fingerprint density at radius 3 is 2.48 bits per heavy atom. The molecular weight excluding hydrogens is 296 g/mol. The Labute approximate surface area is 129 Å². The second-order valence-electron chi connectivity index (χ2n) is 4.58. The number of esters is 1. The van der Waals surface area contributed by atoms with Gasteiger partial charge in [0.1, 0.15) is 0 Å². The first-order chi connectivity index (χ1) is 9.85. The SMILES string of the molecule is CCOC(=O)OC(C)C(Cl)OC(=O)c1ccc(C)cc1C. The highest BCUT2D eigenvalue weighted by Gasteiger charge is 2.24. The van der Waals surface area contributed by atoms with E-state index >= 15 is 0 Å². The molecule has 1 rings (SSSR count). The molecule has 6 heteroatoms. The third kappa shape index (κ3) is 5.27. The monoisotopic (exact) mass is 314 g/mol. The molecule has 0 aliphatic carbocycles. The number of alkyl halides is 1. The van der Waals surface area contributed by atoms with Gasteiger partial charge < -0.3 is 14.2 Å². The summed E-state index contributed by atoms with van der Waals surface area (Å²) in [5.41, 5.74) is 1.17. The fourth-order valence-electron chi connectivity index (χ4n) is 1.66. The molecule has 0 spiro atoms. The van der Waals surface area contributed by atoms with E-state index in [0.717, 1.165) is 11.1 Å². The molecule has 0 saturated carbocycles. The van der Waals surface area contributed by atoms with Gasteiger partial charge in [-0.1, -0.05) is 29.3 Å². The van der Waals surface area contributed by atoms with E-state index in [1.807, 2.05) is 26.0 Å². The first-order valence-electron chi connectivity index (χ1n) is 6.60. The van der Waals surface area contributed by atoms with Crippen LogP contribution in [-0.4, -0.2) is 30.4 Å². The van der Waals surface area contributed by atoms with Gasteiger partial charge in [-0.2, -0.15) is 0 Å². The highest BCUT2D eigenvalue weighted by molar-refractivity contribution is 6.21. The van der Waals surface area contributed by atoms with Crippen LogP contribution in [0.1, 0.15) is 35.3 Å². The summed E-state index contributed by atoms with van der Waals surface area (Å²) in [6.45, 7) is 7.11. The van der Waals surface area contributed by atoms with Crippen molar-refractivity contribution in [3.63, 3.8) is 0 Å². The van der Waals surface area contributed by atoms with Crippen LogP contribution >= 0.6 is 11.6 Å². The van der Waals surface area contributed by atoms with Crippen molar-refractivity contribution in [3.05, 3.63) is 34.9 Å². The summed E-state index contributed by atoms with van der Waals surface area (Å²) in [4.78, 5) is 23.2. The highest BCUT2D eigenvalue weighted by Crippen LogP contribution is 2.16. The van der Waals surface area contributed by atoms with Gasteiger partial charge in [0.2, 0.25) is 5.56 Å². The van der Waals surface area contributed by atoms with Gasteiger partial charge >= 0.3 is 12.1 Å². The molecule has 0 N–H and O–H groups in total. The van der Waals surface area contributed by atoms with Crippen molar-refractivity contribution in [2.45, 2.75) is 39.4 Å². The second-order valence-corrected chi connectivity index (χ2v) is 5.01. The molecule has 0 radical (unpaired) electrons. The second kappa shape index (κ2) is 7.88. The minimum Gasteiger partial charge on any atom is -0.438 e. The number of rotatable bonds is 5. The number of halogens is 1. The maximum atomic E-state index is 12.0. The molecule has 0 aliphatic rings. The zero-order valence-electron chi connectivity index (χ0n) is 12.5. The number of ether oxygens (including phenoxy) is 3. The molecule has 2 unspecified atom stereocenters. The molecule has 116 valence electrons. The summed E-state index contributed by atoms with van der Waals surface area (Å²) >= 11 is 5.93. The van der Waals surface area contributed by atoms with E-state index in [-0.39, 0.29) is 6.61 Å². The molecule has 0 fully saturated rings. The van der Waals surface area contributed by atoms with Gasteiger partial charge in [-0.05, 0) is 39.3 Å². The van der Waals surface area contributed by atoms with E-state index in [2.05, 4.69) is 4.74 Å². The predicted molar refractivity (Wildman–Crippen MR) is 78.5 cm³/mol. The van der Waals surface area contributed by atoms with Crippen molar-refractivity contribution >= 4 is 23.7 Å². The zero-order valence-corrected chi connectivity index (χ0v) is 13.3. The van der Waals surface area contributed by atoms with Crippen LogP contribution in [0.3, 0.4) is 0 Å². The van der Waals surface area contributed by atoms with Gasteiger partial charge in [-0.25, -0.2) is 9.59 Å². The van der Waals surface area contributed by atoms with Crippen LogP contribution < -0.4 is 0 Å². The van der Waals surface area contributed by atoms with Crippen LogP contribution in [0.25, 0.3) is 0 Å². The average Bonchev–Trinajstić information content (AvgIpc) is 2.38. The smallest absolute Gasteiger partial charge is 0.438 e. The van der Waals surface area contributed by atoms with Crippen LogP contribution in [-0.2, 0) is 14.2 Å². The number of carbonyl (C=O) groups is 2. The summed E-state index contributed by atoms with van der Waals surface area (Å²) in [5, 5.41) is 0. The molecule has 0 heterocycles. The topological polar surface area (TPSA) is 61.8 Å². The third-order valence-electron chi connectivity index (χ3n) is 2.73. The third-order valence-corrected chi connectivity index (χ3v) is 3.18. The van der Waals surface area contributed by atoms with E-state index in [1.165, 1.54) is 6.92 Å². The maximum Gasteiger partial charge on any atom is 0.508 e.